The van der Waals surface area contributed by atoms with Crippen LogP contribution < -0.4 is 0 Å². The van der Waals surface area contributed by atoms with Gasteiger partial charge in [0, 0.05) is 5.92 Å². The molecule has 174 valence electrons. The predicted octanol–water partition coefficient (Wildman–Crippen LogP) is 6.53. The van der Waals surface area contributed by atoms with E-state index in [1.54, 1.807) is 0 Å². The number of aliphatic hydroxyl groups excluding tert-OH is 2. The van der Waals surface area contributed by atoms with Crippen LogP contribution in [0.15, 0.2) is 24.3 Å². The van der Waals surface area contributed by atoms with Crippen molar-refractivity contribution in [2.75, 3.05) is 0 Å². The third-order valence-electron chi connectivity index (χ3n) is 12.6. The van der Waals surface area contributed by atoms with E-state index in [-0.39, 0.29) is 28.3 Å². The number of fused-ring (bicyclic) bond motifs is 7. The van der Waals surface area contributed by atoms with Crippen molar-refractivity contribution in [2.24, 2.45) is 51.2 Å². The van der Waals surface area contributed by atoms with Gasteiger partial charge in [0.1, 0.15) is 0 Å². The number of aliphatic hydroxyl groups is 2. The van der Waals surface area contributed by atoms with Crippen molar-refractivity contribution in [3.63, 3.8) is 0 Å². The van der Waals surface area contributed by atoms with Gasteiger partial charge in [-0.1, -0.05) is 46.4 Å². The van der Waals surface area contributed by atoms with Crippen LogP contribution >= 0.6 is 0 Å². The third-order valence-corrected chi connectivity index (χ3v) is 12.6. The summed E-state index contributed by atoms with van der Waals surface area (Å²) in [6.45, 7) is 21.1. The molecule has 0 aromatic heterocycles. The molecule has 0 unspecified atom stereocenters. The highest BCUT2D eigenvalue weighted by Crippen LogP contribution is 2.77. The molecule has 0 heterocycles. The van der Waals surface area contributed by atoms with Crippen molar-refractivity contribution in [2.45, 2.75) is 105 Å². The van der Waals surface area contributed by atoms with Crippen LogP contribution in [0.1, 0.15) is 92.4 Å². The van der Waals surface area contributed by atoms with Crippen LogP contribution in [-0.2, 0) is 0 Å². The molecule has 2 nitrogen and oxygen atoms in total. The van der Waals surface area contributed by atoms with Gasteiger partial charge >= 0.3 is 0 Å². The fraction of sp³-hybridized carbons (Fsp3) is 0.862. The number of hydrogen-bond donors (Lipinski definition) is 2. The van der Waals surface area contributed by atoms with Gasteiger partial charge in [0.05, 0.1) is 12.2 Å². The summed E-state index contributed by atoms with van der Waals surface area (Å²) in [6.07, 6.45) is 9.81. The van der Waals surface area contributed by atoms with E-state index in [0.29, 0.717) is 17.3 Å². The molecule has 0 aromatic rings. The normalized spacial score (nSPS) is 58.7. The lowest BCUT2D eigenvalue weighted by Crippen LogP contribution is -2.67. The Morgan fingerprint density at radius 3 is 2.10 bits per heavy atom. The molecule has 5 rings (SSSR count). The molecular formula is C29H46O2. The zero-order valence-electron chi connectivity index (χ0n) is 20.7. The summed E-state index contributed by atoms with van der Waals surface area (Å²) in [7, 11) is 0. The van der Waals surface area contributed by atoms with E-state index in [0.717, 1.165) is 36.7 Å². The highest BCUT2D eigenvalue weighted by molar-refractivity contribution is 5.26. The van der Waals surface area contributed by atoms with Crippen LogP contribution in [0.25, 0.3) is 0 Å². The van der Waals surface area contributed by atoms with Crippen molar-refractivity contribution < 1.29 is 10.2 Å². The first-order chi connectivity index (χ1) is 14.4. The molecule has 0 spiro atoms. The number of allylic oxidation sites excluding steroid dienone is 1. The molecule has 0 bridgehead atoms. The Morgan fingerprint density at radius 2 is 1.45 bits per heavy atom. The Bertz CT molecular complexity index is 801. The quantitative estimate of drug-likeness (QED) is 0.468. The minimum Gasteiger partial charge on any atom is -0.392 e. The van der Waals surface area contributed by atoms with E-state index < -0.39 is 6.10 Å². The molecule has 0 saturated heterocycles. The maximum atomic E-state index is 11.5. The summed E-state index contributed by atoms with van der Waals surface area (Å²) in [6, 6.07) is 0. The standard InChI is InChI=1S/C29H46O2/c1-17(2)19-10-13-26(4)20(19)11-15-28(6)23(26)8-9-24-27(5)14-12-21(30)18(3)25(27)22(31)16-29(24,28)7/h19-25,30-31H,1,3,8-16H2,2,4-7H3/t19-,20-,21-,22+,23-,24-,25-,26-,27+,28+,29+/m0/s1. The fourth-order valence-corrected chi connectivity index (χ4v) is 11.1. The summed E-state index contributed by atoms with van der Waals surface area (Å²) in [5.41, 5.74) is 3.21. The van der Waals surface area contributed by atoms with Gasteiger partial charge in [-0.15, -0.1) is 0 Å². The molecule has 5 aliphatic rings. The van der Waals surface area contributed by atoms with Crippen molar-refractivity contribution in [1.29, 1.82) is 0 Å². The number of hydrogen-bond acceptors (Lipinski definition) is 2. The molecular weight excluding hydrogens is 380 g/mol. The average molecular weight is 427 g/mol. The molecule has 2 heteroatoms. The molecule has 0 aliphatic heterocycles. The van der Waals surface area contributed by atoms with E-state index in [2.05, 4.69) is 47.8 Å². The molecule has 5 aliphatic carbocycles. The first kappa shape index (κ1) is 22.2. The van der Waals surface area contributed by atoms with Crippen molar-refractivity contribution in [3.8, 4) is 0 Å². The van der Waals surface area contributed by atoms with E-state index in [1.807, 2.05) is 0 Å². The molecule has 2 N–H and O–H groups in total. The van der Waals surface area contributed by atoms with E-state index in [4.69, 9.17) is 0 Å². The Hall–Kier alpha value is -0.600. The van der Waals surface area contributed by atoms with Gasteiger partial charge < -0.3 is 10.2 Å². The molecule has 0 radical (unpaired) electrons. The van der Waals surface area contributed by atoms with Crippen molar-refractivity contribution in [3.05, 3.63) is 24.3 Å². The Kier molecular flexibility index (Phi) is 4.81. The van der Waals surface area contributed by atoms with Gasteiger partial charge in [0.25, 0.3) is 0 Å². The van der Waals surface area contributed by atoms with Crippen LogP contribution in [0.5, 0.6) is 0 Å². The summed E-state index contributed by atoms with van der Waals surface area (Å²) in [5, 5.41) is 22.1. The van der Waals surface area contributed by atoms with Gasteiger partial charge in [-0.3, -0.25) is 0 Å². The lowest BCUT2D eigenvalue weighted by Gasteiger charge is -2.72. The predicted molar refractivity (Wildman–Crippen MR) is 127 cm³/mol. The second-order valence-electron chi connectivity index (χ2n) is 13.5. The van der Waals surface area contributed by atoms with Gasteiger partial charge in [0.2, 0.25) is 0 Å². The summed E-state index contributed by atoms with van der Waals surface area (Å²) in [4.78, 5) is 0. The van der Waals surface area contributed by atoms with Gasteiger partial charge in [-0.05, 0) is 116 Å². The minimum atomic E-state index is -0.434. The molecule has 11 atom stereocenters. The lowest BCUT2D eigenvalue weighted by atomic mass is 9.32. The van der Waals surface area contributed by atoms with E-state index >= 15 is 0 Å². The van der Waals surface area contributed by atoms with Crippen LogP contribution in [0.4, 0.5) is 0 Å². The average Bonchev–Trinajstić information content (AvgIpc) is 3.03. The molecule has 31 heavy (non-hydrogen) atoms. The minimum absolute atomic E-state index is 0.0562. The monoisotopic (exact) mass is 426 g/mol. The van der Waals surface area contributed by atoms with E-state index in [9.17, 15) is 10.2 Å². The number of rotatable bonds is 1. The summed E-state index contributed by atoms with van der Waals surface area (Å²) < 4.78 is 0. The van der Waals surface area contributed by atoms with E-state index in [1.165, 1.54) is 44.1 Å². The Morgan fingerprint density at radius 1 is 0.839 bits per heavy atom. The topological polar surface area (TPSA) is 40.5 Å². The molecule has 5 fully saturated rings. The summed E-state index contributed by atoms with van der Waals surface area (Å²) >= 11 is 0. The highest BCUT2D eigenvalue weighted by Gasteiger charge is 2.71. The van der Waals surface area contributed by atoms with Gasteiger partial charge in [-0.2, -0.15) is 0 Å². The lowest BCUT2D eigenvalue weighted by molar-refractivity contribution is -0.246. The second kappa shape index (κ2) is 6.72. The first-order valence-electron chi connectivity index (χ1n) is 13.1. The first-order valence-corrected chi connectivity index (χ1v) is 13.1. The van der Waals surface area contributed by atoms with Crippen LogP contribution in [-0.4, -0.2) is 22.4 Å². The summed E-state index contributed by atoms with van der Waals surface area (Å²) in [5.74, 6) is 2.92. The molecule has 0 aromatic carbocycles. The fourth-order valence-electron chi connectivity index (χ4n) is 11.1. The SMILES string of the molecule is C=C(C)[C@@H]1CC[C@@]2(C)[C@H]1CC[C@]1(C)[C@H]2CC[C@H]2[C@@]3(C)CC[C@H](O)C(=C)[C@H]3[C@H](O)C[C@]21C. The van der Waals surface area contributed by atoms with Crippen LogP contribution in [0, 0.1) is 51.2 Å². The maximum absolute atomic E-state index is 11.5. The largest absolute Gasteiger partial charge is 0.392 e. The zero-order chi connectivity index (χ0) is 22.6. The van der Waals surface area contributed by atoms with Gasteiger partial charge in [0.15, 0.2) is 0 Å². The zero-order valence-corrected chi connectivity index (χ0v) is 20.7. The van der Waals surface area contributed by atoms with Gasteiger partial charge in [-0.25, -0.2) is 0 Å². The molecule has 0 amide bonds. The van der Waals surface area contributed by atoms with Crippen LogP contribution in [0.3, 0.4) is 0 Å². The maximum Gasteiger partial charge on any atom is 0.0751 e. The third kappa shape index (κ3) is 2.59. The van der Waals surface area contributed by atoms with Crippen molar-refractivity contribution >= 4 is 0 Å². The van der Waals surface area contributed by atoms with Crippen molar-refractivity contribution in [1.82, 2.24) is 0 Å². The Balaban J connectivity index is 1.55. The molecule has 5 saturated carbocycles. The second-order valence-corrected chi connectivity index (χ2v) is 13.5. The Labute approximate surface area is 190 Å². The van der Waals surface area contributed by atoms with Crippen LogP contribution in [0.2, 0.25) is 0 Å². The smallest absolute Gasteiger partial charge is 0.0751 e. The highest BCUT2D eigenvalue weighted by atomic mass is 16.3.